The Balaban J connectivity index is 2.18. The molecule has 0 nitrogen and oxygen atoms in total. The van der Waals surface area contributed by atoms with Crippen molar-refractivity contribution < 1.29 is 0 Å². The third-order valence-electron chi connectivity index (χ3n) is 3.14. The number of hydrogen-bond donors (Lipinski definition) is 0. The van der Waals surface area contributed by atoms with Gasteiger partial charge in [-0.25, -0.2) is 0 Å². The largest absolute Gasteiger partial charge is 0.0537 e. The molecule has 0 aliphatic heterocycles. The molecule has 1 aliphatic carbocycles. The Morgan fingerprint density at radius 2 is 0.600 bits per heavy atom. The van der Waals surface area contributed by atoms with Crippen LogP contribution in [0, 0.1) is 0 Å². The summed E-state index contributed by atoms with van der Waals surface area (Å²) in [7, 11) is 0. The summed E-state index contributed by atoms with van der Waals surface area (Å²) in [6.07, 6.45) is 8.59. The SMILES string of the molecule is Brc1cc2c(cc1Br)/C=C/c1cc(Br)c(Br)cc1/C=C\2. The molecule has 100 valence electrons. The van der Waals surface area contributed by atoms with Gasteiger partial charge in [-0.3, -0.25) is 0 Å². The minimum Gasteiger partial charge on any atom is -0.0537 e. The van der Waals surface area contributed by atoms with Gasteiger partial charge in [0.15, 0.2) is 0 Å². The van der Waals surface area contributed by atoms with Crippen molar-refractivity contribution in [1.29, 1.82) is 0 Å². The number of benzene rings is 2. The predicted molar refractivity (Wildman–Crippen MR) is 102 cm³/mol. The van der Waals surface area contributed by atoms with E-state index in [4.69, 9.17) is 0 Å². The molecule has 0 saturated carbocycles. The van der Waals surface area contributed by atoms with E-state index in [2.05, 4.69) is 112 Å². The summed E-state index contributed by atoms with van der Waals surface area (Å²) in [5, 5.41) is 0. The van der Waals surface area contributed by atoms with Gasteiger partial charge >= 0.3 is 0 Å². The lowest BCUT2D eigenvalue weighted by molar-refractivity contribution is 1.50. The number of rotatable bonds is 0. The molecule has 0 fully saturated rings. The van der Waals surface area contributed by atoms with E-state index in [1.54, 1.807) is 0 Å². The highest BCUT2D eigenvalue weighted by Crippen LogP contribution is 2.33. The van der Waals surface area contributed by atoms with Crippen molar-refractivity contribution in [2.24, 2.45) is 0 Å². The van der Waals surface area contributed by atoms with Crippen LogP contribution in [-0.4, -0.2) is 0 Å². The van der Waals surface area contributed by atoms with Gasteiger partial charge in [0.05, 0.1) is 0 Å². The van der Waals surface area contributed by atoms with Gasteiger partial charge < -0.3 is 0 Å². The van der Waals surface area contributed by atoms with E-state index in [9.17, 15) is 0 Å². The maximum atomic E-state index is 3.55. The highest BCUT2D eigenvalue weighted by atomic mass is 79.9. The Bertz CT molecular complexity index is 630. The summed E-state index contributed by atoms with van der Waals surface area (Å²) in [5.41, 5.74) is 4.78. The van der Waals surface area contributed by atoms with Crippen molar-refractivity contribution in [1.82, 2.24) is 0 Å². The third kappa shape index (κ3) is 2.89. The molecule has 0 amide bonds. The Morgan fingerprint density at radius 1 is 0.400 bits per heavy atom. The first kappa shape index (κ1) is 14.8. The minimum absolute atomic E-state index is 1.06. The van der Waals surface area contributed by atoms with Crippen molar-refractivity contribution in [3.63, 3.8) is 0 Å². The number of fused-ring (bicyclic) bond motifs is 2. The molecule has 0 atom stereocenters. The van der Waals surface area contributed by atoms with Crippen LogP contribution in [0.5, 0.6) is 0 Å². The smallest absolute Gasteiger partial charge is 0.0323 e. The molecule has 0 aromatic heterocycles. The number of hydrogen-bond acceptors (Lipinski definition) is 0. The van der Waals surface area contributed by atoms with Gasteiger partial charge in [0.25, 0.3) is 0 Å². The van der Waals surface area contributed by atoms with Crippen LogP contribution in [0.15, 0.2) is 42.2 Å². The van der Waals surface area contributed by atoms with Gasteiger partial charge in [-0.2, -0.15) is 0 Å². The third-order valence-corrected chi connectivity index (χ3v) is 6.83. The standard InChI is InChI=1S/C16H8Br4/c17-13-5-9-1-2-10-6-14(18)16(20)8-12(10)4-3-11(9)7-15(13)19/h1-8H/b2-1-,4-3+,9-1?,10-2?,11-3?,12-4?. The molecular formula is C16H8Br4. The van der Waals surface area contributed by atoms with Crippen molar-refractivity contribution in [3.8, 4) is 0 Å². The van der Waals surface area contributed by atoms with E-state index < -0.39 is 0 Å². The zero-order chi connectivity index (χ0) is 14.3. The molecule has 1 aliphatic rings. The van der Waals surface area contributed by atoms with Gasteiger partial charge in [-0.15, -0.1) is 0 Å². The fraction of sp³-hybridized carbons (Fsp3) is 0. The van der Waals surface area contributed by atoms with Crippen LogP contribution in [0.3, 0.4) is 0 Å². The molecule has 0 bridgehead atoms. The average molecular weight is 520 g/mol. The molecular weight excluding hydrogens is 512 g/mol. The normalized spacial score (nSPS) is 15.8. The van der Waals surface area contributed by atoms with Crippen molar-refractivity contribution in [3.05, 3.63) is 64.4 Å². The van der Waals surface area contributed by atoms with Crippen molar-refractivity contribution in [2.75, 3.05) is 0 Å². The summed E-state index contributed by atoms with van der Waals surface area (Å²) >= 11 is 14.2. The topological polar surface area (TPSA) is 0 Å². The van der Waals surface area contributed by atoms with Gasteiger partial charge in [0, 0.05) is 17.9 Å². The summed E-state index contributed by atoms with van der Waals surface area (Å²) < 4.78 is 4.25. The minimum atomic E-state index is 1.06. The van der Waals surface area contributed by atoms with E-state index in [0.717, 1.165) is 17.9 Å². The first-order chi connectivity index (χ1) is 9.54. The maximum Gasteiger partial charge on any atom is 0.0323 e. The molecule has 4 heteroatoms. The first-order valence-electron chi connectivity index (χ1n) is 5.89. The van der Waals surface area contributed by atoms with E-state index in [0.29, 0.717) is 0 Å². The monoisotopic (exact) mass is 516 g/mol. The maximum absolute atomic E-state index is 3.55. The molecule has 0 spiro atoms. The second-order valence-corrected chi connectivity index (χ2v) is 7.87. The molecule has 20 heavy (non-hydrogen) atoms. The molecule has 0 N–H and O–H groups in total. The molecule has 2 aromatic carbocycles. The van der Waals surface area contributed by atoms with Crippen LogP contribution >= 0.6 is 63.7 Å². The molecule has 2 aromatic rings. The van der Waals surface area contributed by atoms with Gasteiger partial charge in [-0.1, -0.05) is 24.3 Å². The summed E-state index contributed by atoms with van der Waals surface area (Å²) in [6, 6.07) is 8.50. The van der Waals surface area contributed by atoms with Crippen LogP contribution in [0.1, 0.15) is 22.3 Å². The highest BCUT2D eigenvalue weighted by Gasteiger charge is 2.08. The molecule has 0 unspecified atom stereocenters. The van der Waals surface area contributed by atoms with Crippen molar-refractivity contribution in [2.45, 2.75) is 0 Å². The first-order valence-corrected chi connectivity index (χ1v) is 9.06. The van der Waals surface area contributed by atoms with Crippen LogP contribution < -0.4 is 0 Å². The Kier molecular flexibility index (Phi) is 4.37. The Hall–Kier alpha value is -0.160. The van der Waals surface area contributed by atoms with Crippen LogP contribution in [0.25, 0.3) is 24.3 Å². The quantitative estimate of drug-likeness (QED) is 0.290. The van der Waals surface area contributed by atoms with Crippen LogP contribution in [0.2, 0.25) is 0 Å². The van der Waals surface area contributed by atoms with E-state index in [1.165, 1.54) is 22.3 Å². The fourth-order valence-electron chi connectivity index (χ4n) is 2.09. The highest BCUT2D eigenvalue weighted by molar-refractivity contribution is 9.13. The molecule has 0 saturated heterocycles. The lowest BCUT2D eigenvalue weighted by Crippen LogP contribution is -1.88. The fourth-order valence-corrected chi connectivity index (χ4v) is 3.54. The van der Waals surface area contributed by atoms with E-state index in [-0.39, 0.29) is 0 Å². The van der Waals surface area contributed by atoms with E-state index in [1.807, 2.05) is 0 Å². The lowest BCUT2D eigenvalue weighted by atomic mass is 9.98. The second-order valence-electron chi connectivity index (χ2n) is 4.46. The zero-order valence-electron chi connectivity index (χ0n) is 10.1. The Labute approximate surface area is 151 Å². The summed E-state index contributed by atoms with van der Waals surface area (Å²) in [4.78, 5) is 0. The van der Waals surface area contributed by atoms with E-state index >= 15 is 0 Å². The molecule has 3 rings (SSSR count). The molecule has 0 radical (unpaired) electrons. The lowest BCUT2D eigenvalue weighted by Gasteiger charge is -2.10. The zero-order valence-corrected chi connectivity index (χ0v) is 16.5. The van der Waals surface area contributed by atoms with Gasteiger partial charge in [-0.05, 0) is 110 Å². The number of halogens is 4. The van der Waals surface area contributed by atoms with Gasteiger partial charge in [0.2, 0.25) is 0 Å². The van der Waals surface area contributed by atoms with Gasteiger partial charge in [0.1, 0.15) is 0 Å². The molecule has 0 heterocycles. The summed E-state index contributed by atoms with van der Waals surface area (Å²) in [6.45, 7) is 0. The predicted octanol–water partition coefficient (Wildman–Crippen LogP) is 7.39. The van der Waals surface area contributed by atoms with Crippen molar-refractivity contribution >= 4 is 88.0 Å². The Morgan fingerprint density at radius 3 is 0.800 bits per heavy atom. The van der Waals surface area contributed by atoms with Crippen LogP contribution in [0.4, 0.5) is 0 Å². The summed E-state index contributed by atoms with van der Waals surface area (Å²) in [5.74, 6) is 0. The average Bonchev–Trinajstić information content (AvgIpc) is 2.40. The van der Waals surface area contributed by atoms with Crippen LogP contribution in [-0.2, 0) is 0 Å². The second kappa shape index (κ2) is 5.91.